The van der Waals surface area contributed by atoms with Gasteiger partial charge in [-0.2, -0.15) is 5.10 Å². The van der Waals surface area contributed by atoms with Gasteiger partial charge in [0.2, 0.25) is 0 Å². The Morgan fingerprint density at radius 3 is 2.41 bits per heavy atom. The molecule has 196 valence electrons. The van der Waals surface area contributed by atoms with Gasteiger partial charge in [0.25, 0.3) is 0 Å². The summed E-state index contributed by atoms with van der Waals surface area (Å²) in [4.78, 5) is 26.5. The smallest absolute Gasteiger partial charge is 0.167 e. The van der Waals surface area contributed by atoms with Gasteiger partial charge in [0, 0.05) is 48.0 Å². The number of fused-ring (bicyclic) bond motifs is 1. The highest BCUT2D eigenvalue weighted by molar-refractivity contribution is 6.12. The predicted octanol–water partition coefficient (Wildman–Crippen LogP) is 7.85. The van der Waals surface area contributed by atoms with Crippen molar-refractivity contribution >= 4 is 22.5 Å². The van der Waals surface area contributed by atoms with Crippen molar-refractivity contribution in [2.75, 3.05) is 0 Å². The third kappa shape index (κ3) is 4.50. The van der Waals surface area contributed by atoms with Crippen LogP contribution in [0.3, 0.4) is 0 Å². The summed E-state index contributed by atoms with van der Waals surface area (Å²) >= 11 is 0. The van der Waals surface area contributed by atoms with Crippen molar-refractivity contribution in [2.45, 2.75) is 44.9 Å². The largest absolute Gasteiger partial charge is 0.455 e. The molecule has 5 nitrogen and oxygen atoms in total. The molecule has 39 heavy (non-hydrogen) atoms. The van der Waals surface area contributed by atoms with Crippen molar-refractivity contribution in [3.63, 3.8) is 0 Å². The first-order chi connectivity index (χ1) is 18.8. The molecule has 0 bridgehead atoms. The summed E-state index contributed by atoms with van der Waals surface area (Å²) in [6.07, 6.45) is 6.63. The summed E-state index contributed by atoms with van der Waals surface area (Å²) in [5.41, 5.74) is 6.30. The molecule has 0 radical (unpaired) electrons. The lowest BCUT2D eigenvalue weighted by Crippen LogP contribution is -2.13. The third-order valence-electron chi connectivity index (χ3n) is 7.93. The van der Waals surface area contributed by atoms with Crippen molar-refractivity contribution in [3.05, 3.63) is 101 Å². The van der Waals surface area contributed by atoms with Crippen molar-refractivity contribution in [1.82, 2.24) is 9.78 Å². The predicted molar refractivity (Wildman–Crippen MR) is 149 cm³/mol. The van der Waals surface area contributed by atoms with Gasteiger partial charge in [-0.25, -0.2) is 4.39 Å². The Bertz CT molecular complexity index is 1740. The Hall–Kier alpha value is -4.32. The quantitative estimate of drug-likeness (QED) is 0.196. The van der Waals surface area contributed by atoms with E-state index in [1.807, 2.05) is 69.7 Å². The molecule has 1 aliphatic rings. The number of benzene rings is 3. The maximum Gasteiger partial charge on any atom is 0.167 e. The van der Waals surface area contributed by atoms with E-state index in [0.717, 1.165) is 35.1 Å². The van der Waals surface area contributed by atoms with Crippen LogP contribution in [0.1, 0.15) is 64.4 Å². The highest BCUT2D eigenvalue weighted by Crippen LogP contribution is 2.51. The first-order valence-electron chi connectivity index (χ1n) is 13.3. The summed E-state index contributed by atoms with van der Waals surface area (Å²) in [6, 6.07) is 17.6. The van der Waals surface area contributed by atoms with Crippen LogP contribution in [0.5, 0.6) is 0 Å². The Labute approximate surface area is 226 Å². The maximum absolute atomic E-state index is 13.6. The van der Waals surface area contributed by atoms with E-state index in [1.54, 1.807) is 16.8 Å². The number of carbonyl (C=O) groups excluding carboxylic acids is 2. The number of furan rings is 1. The van der Waals surface area contributed by atoms with E-state index in [9.17, 15) is 14.0 Å². The average Bonchev–Trinajstić information content (AvgIpc) is 3.40. The van der Waals surface area contributed by atoms with Crippen LogP contribution in [-0.2, 0) is 12.5 Å². The van der Waals surface area contributed by atoms with Gasteiger partial charge in [0.05, 0.1) is 11.8 Å². The number of hydrogen-bond donors (Lipinski definition) is 0. The first-order valence-corrected chi connectivity index (χ1v) is 13.3. The van der Waals surface area contributed by atoms with Gasteiger partial charge in [-0.1, -0.05) is 25.1 Å². The van der Waals surface area contributed by atoms with Crippen molar-refractivity contribution in [1.29, 1.82) is 0 Å². The Morgan fingerprint density at radius 2 is 1.74 bits per heavy atom. The number of hydrogen-bond acceptors (Lipinski definition) is 4. The van der Waals surface area contributed by atoms with Crippen LogP contribution in [0.25, 0.3) is 33.4 Å². The van der Waals surface area contributed by atoms with Gasteiger partial charge in [-0.3, -0.25) is 14.3 Å². The van der Waals surface area contributed by atoms with Gasteiger partial charge >= 0.3 is 0 Å². The van der Waals surface area contributed by atoms with E-state index in [2.05, 4.69) is 5.10 Å². The number of ketones is 2. The molecule has 5 aromatic rings. The molecule has 0 N–H and O–H groups in total. The molecule has 0 unspecified atom stereocenters. The molecule has 0 spiro atoms. The van der Waals surface area contributed by atoms with Gasteiger partial charge in [-0.05, 0) is 84.5 Å². The van der Waals surface area contributed by atoms with Gasteiger partial charge in [0.1, 0.15) is 17.2 Å². The average molecular weight is 521 g/mol. The lowest BCUT2D eigenvalue weighted by molar-refractivity contribution is 0.0967. The molecule has 2 heterocycles. The molecular formula is C33H29FN2O3. The number of carbonyl (C=O) groups is 2. The van der Waals surface area contributed by atoms with E-state index in [4.69, 9.17) is 4.42 Å². The van der Waals surface area contributed by atoms with Crippen LogP contribution in [0.15, 0.2) is 77.5 Å². The minimum absolute atomic E-state index is 0.0454. The SMILES string of the molecule is CCC(=O)c1c(-c2ccc(F)cc2)oc2ccc(-c3cc(C(=O)CC4(c5cnn(C)c5)CC4)ccc3C)cc12. The molecule has 0 atom stereocenters. The molecule has 1 fully saturated rings. The molecular weight excluding hydrogens is 491 g/mol. The zero-order valence-corrected chi connectivity index (χ0v) is 22.3. The van der Waals surface area contributed by atoms with Crippen LogP contribution >= 0.6 is 0 Å². The van der Waals surface area contributed by atoms with Crippen LogP contribution in [-0.4, -0.2) is 21.3 Å². The molecule has 0 saturated heterocycles. The fourth-order valence-electron chi connectivity index (χ4n) is 5.45. The second-order valence-corrected chi connectivity index (χ2v) is 10.6. The Kier molecular flexibility index (Phi) is 6.06. The molecule has 6 heteroatoms. The normalized spacial score (nSPS) is 14.1. The topological polar surface area (TPSA) is 65.1 Å². The van der Waals surface area contributed by atoms with E-state index in [-0.39, 0.29) is 22.8 Å². The van der Waals surface area contributed by atoms with Crippen LogP contribution in [0.2, 0.25) is 0 Å². The van der Waals surface area contributed by atoms with Crippen LogP contribution in [0, 0.1) is 12.7 Å². The fraction of sp³-hybridized carbons (Fsp3) is 0.242. The Morgan fingerprint density at radius 1 is 1.00 bits per heavy atom. The minimum Gasteiger partial charge on any atom is -0.455 e. The summed E-state index contributed by atoms with van der Waals surface area (Å²) in [7, 11) is 1.90. The second kappa shape index (κ2) is 9.45. The molecule has 1 saturated carbocycles. The Balaban J connectivity index is 1.38. The molecule has 0 amide bonds. The summed E-state index contributed by atoms with van der Waals surface area (Å²) in [5, 5.41) is 5.01. The monoisotopic (exact) mass is 520 g/mol. The van der Waals surface area contributed by atoms with Crippen molar-refractivity contribution in [2.24, 2.45) is 7.05 Å². The lowest BCUT2D eigenvalue weighted by atomic mass is 9.88. The molecule has 6 rings (SSSR count). The molecule has 3 aromatic carbocycles. The highest BCUT2D eigenvalue weighted by atomic mass is 19.1. The molecule has 1 aliphatic carbocycles. The van der Waals surface area contributed by atoms with E-state index < -0.39 is 0 Å². The van der Waals surface area contributed by atoms with Gasteiger partial charge in [0.15, 0.2) is 11.6 Å². The second-order valence-electron chi connectivity index (χ2n) is 10.6. The van der Waals surface area contributed by atoms with Gasteiger partial charge < -0.3 is 4.42 Å². The van der Waals surface area contributed by atoms with Crippen molar-refractivity contribution < 1.29 is 18.4 Å². The highest BCUT2D eigenvalue weighted by Gasteiger charge is 2.46. The van der Waals surface area contributed by atoms with E-state index in [1.165, 1.54) is 12.1 Å². The fourth-order valence-corrected chi connectivity index (χ4v) is 5.45. The van der Waals surface area contributed by atoms with E-state index >= 15 is 0 Å². The zero-order valence-electron chi connectivity index (χ0n) is 22.3. The standard InChI is InChI=1S/C33H29FN2O3/c1-4-28(37)31-27-15-22(9-12-30(27)39-32(31)21-7-10-25(34)11-8-21)26-16-23(6-5-20(26)2)29(38)17-33(13-14-33)24-18-35-36(3)19-24/h5-12,15-16,18-19H,4,13-14,17H2,1-3H3. The summed E-state index contributed by atoms with van der Waals surface area (Å²) in [6.45, 7) is 3.83. The van der Waals surface area contributed by atoms with Crippen LogP contribution in [0.4, 0.5) is 4.39 Å². The molecule has 0 aliphatic heterocycles. The third-order valence-corrected chi connectivity index (χ3v) is 7.93. The summed E-state index contributed by atoms with van der Waals surface area (Å²) in [5.74, 6) is 0.164. The number of aryl methyl sites for hydroxylation is 2. The number of Topliss-reactive ketones (excluding diaryl/α,β-unsaturated/α-hetero) is 2. The number of halogens is 1. The number of rotatable bonds is 8. The van der Waals surface area contributed by atoms with Gasteiger partial charge in [-0.15, -0.1) is 0 Å². The first kappa shape index (κ1) is 25.0. The maximum atomic E-state index is 13.6. The lowest BCUT2D eigenvalue weighted by Gasteiger charge is -2.14. The van der Waals surface area contributed by atoms with E-state index in [0.29, 0.717) is 46.3 Å². The zero-order chi connectivity index (χ0) is 27.3. The van der Waals surface area contributed by atoms with Crippen molar-refractivity contribution in [3.8, 4) is 22.5 Å². The summed E-state index contributed by atoms with van der Waals surface area (Å²) < 4.78 is 21.5. The minimum atomic E-state index is -0.349. The molecule has 2 aromatic heterocycles. The number of aromatic nitrogens is 2. The number of nitrogens with zero attached hydrogens (tertiary/aromatic N) is 2. The van der Waals surface area contributed by atoms with Crippen LogP contribution < -0.4 is 0 Å².